The van der Waals surface area contributed by atoms with Crippen molar-refractivity contribution in [3.05, 3.63) is 11.9 Å². The van der Waals surface area contributed by atoms with Crippen molar-refractivity contribution in [2.45, 2.75) is 44.1 Å². The fourth-order valence-electron chi connectivity index (χ4n) is 2.00. The van der Waals surface area contributed by atoms with Crippen LogP contribution in [0.2, 0.25) is 0 Å². The number of hydrogen-bond acceptors (Lipinski definition) is 3. The molecule has 0 spiro atoms. The zero-order valence-corrected chi connectivity index (χ0v) is 9.04. The van der Waals surface area contributed by atoms with E-state index in [0.717, 1.165) is 18.5 Å². The summed E-state index contributed by atoms with van der Waals surface area (Å²) < 4.78 is 1.54. The summed E-state index contributed by atoms with van der Waals surface area (Å²) in [6.07, 6.45) is 7.17. The Balaban J connectivity index is 1.76. The van der Waals surface area contributed by atoms with Gasteiger partial charge >= 0.3 is 5.97 Å². The van der Waals surface area contributed by atoms with Crippen LogP contribution in [0, 0.1) is 5.92 Å². The van der Waals surface area contributed by atoms with Crippen molar-refractivity contribution in [1.29, 1.82) is 0 Å². The van der Waals surface area contributed by atoms with Crippen LogP contribution < -0.4 is 0 Å². The first kappa shape index (κ1) is 9.81. The van der Waals surface area contributed by atoms with Crippen LogP contribution in [0.25, 0.3) is 0 Å². The van der Waals surface area contributed by atoms with Gasteiger partial charge in [0.2, 0.25) is 0 Å². The molecule has 3 rings (SSSR count). The quantitative estimate of drug-likeness (QED) is 0.819. The molecule has 1 aromatic heterocycles. The molecule has 0 aliphatic heterocycles. The SMILES string of the molecule is O=C(O)[C@H](CC1CC1)n1cc(C2CC2)nn1. The molecule has 5 nitrogen and oxygen atoms in total. The summed E-state index contributed by atoms with van der Waals surface area (Å²) >= 11 is 0. The van der Waals surface area contributed by atoms with Gasteiger partial charge in [-0.15, -0.1) is 5.10 Å². The van der Waals surface area contributed by atoms with Gasteiger partial charge in [0.15, 0.2) is 6.04 Å². The largest absolute Gasteiger partial charge is 0.480 e. The van der Waals surface area contributed by atoms with Gasteiger partial charge < -0.3 is 5.11 Å². The highest BCUT2D eigenvalue weighted by Gasteiger charge is 2.32. The topological polar surface area (TPSA) is 68.0 Å². The Kier molecular flexibility index (Phi) is 2.19. The van der Waals surface area contributed by atoms with E-state index in [1.165, 1.54) is 17.5 Å². The van der Waals surface area contributed by atoms with Crippen LogP contribution in [-0.2, 0) is 4.79 Å². The summed E-state index contributed by atoms with van der Waals surface area (Å²) in [6.45, 7) is 0. The molecule has 0 saturated heterocycles. The number of nitrogens with zero attached hydrogens (tertiary/aromatic N) is 3. The molecular formula is C11H15N3O2. The number of carboxylic acid groups (broad SMARTS) is 1. The van der Waals surface area contributed by atoms with E-state index in [2.05, 4.69) is 10.3 Å². The molecule has 2 aliphatic rings. The van der Waals surface area contributed by atoms with Crippen molar-refractivity contribution in [2.24, 2.45) is 5.92 Å². The van der Waals surface area contributed by atoms with Crippen LogP contribution in [0.15, 0.2) is 6.20 Å². The maximum absolute atomic E-state index is 11.2. The van der Waals surface area contributed by atoms with Crippen LogP contribution in [0.3, 0.4) is 0 Å². The molecule has 86 valence electrons. The molecule has 0 unspecified atom stereocenters. The predicted octanol–water partition coefficient (Wildman–Crippen LogP) is 1.58. The fraction of sp³-hybridized carbons (Fsp3) is 0.727. The number of aromatic nitrogens is 3. The van der Waals surface area contributed by atoms with Gasteiger partial charge in [-0.2, -0.15) is 0 Å². The molecule has 5 heteroatoms. The number of aliphatic carboxylic acids is 1. The third-order valence-electron chi connectivity index (χ3n) is 3.38. The van der Waals surface area contributed by atoms with Gasteiger partial charge in [-0.1, -0.05) is 18.1 Å². The van der Waals surface area contributed by atoms with Gasteiger partial charge in [-0.25, -0.2) is 9.48 Å². The zero-order valence-electron chi connectivity index (χ0n) is 9.04. The lowest BCUT2D eigenvalue weighted by molar-refractivity contribution is -0.141. The third-order valence-corrected chi connectivity index (χ3v) is 3.38. The lowest BCUT2D eigenvalue weighted by atomic mass is 10.1. The minimum absolute atomic E-state index is 0.521. The summed E-state index contributed by atoms with van der Waals surface area (Å²) in [6, 6.07) is -0.521. The van der Waals surface area contributed by atoms with Crippen molar-refractivity contribution in [3.8, 4) is 0 Å². The summed E-state index contributed by atoms with van der Waals surface area (Å²) in [7, 11) is 0. The van der Waals surface area contributed by atoms with E-state index in [1.807, 2.05) is 6.20 Å². The summed E-state index contributed by atoms with van der Waals surface area (Å²) in [5, 5.41) is 17.2. The zero-order chi connectivity index (χ0) is 11.1. The number of carboxylic acids is 1. The summed E-state index contributed by atoms with van der Waals surface area (Å²) in [4.78, 5) is 11.2. The number of hydrogen-bond donors (Lipinski definition) is 1. The second-order valence-corrected chi connectivity index (χ2v) is 4.93. The van der Waals surface area contributed by atoms with E-state index in [-0.39, 0.29) is 0 Å². The Morgan fingerprint density at radius 2 is 2.25 bits per heavy atom. The molecule has 0 aromatic carbocycles. The Bertz CT molecular complexity index is 407. The second-order valence-electron chi connectivity index (χ2n) is 4.93. The van der Waals surface area contributed by atoms with E-state index in [9.17, 15) is 9.90 Å². The maximum Gasteiger partial charge on any atom is 0.328 e. The molecule has 1 aromatic rings. The Morgan fingerprint density at radius 1 is 1.50 bits per heavy atom. The van der Waals surface area contributed by atoms with E-state index in [1.54, 1.807) is 0 Å². The molecule has 0 bridgehead atoms. The monoisotopic (exact) mass is 221 g/mol. The van der Waals surface area contributed by atoms with E-state index < -0.39 is 12.0 Å². The average molecular weight is 221 g/mol. The van der Waals surface area contributed by atoms with Crippen LogP contribution in [0.4, 0.5) is 0 Å². The molecule has 2 aliphatic carbocycles. The Morgan fingerprint density at radius 3 is 2.81 bits per heavy atom. The normalized spacial score (nSPS) is 22.0. The first-order valence-corrected chi connectivity index (χ1v) is 5.88. The molecule has 1 N–H and O–H groups in total. The Labute approximate surface area is 93.5 Å². The van der Waals surface area contributed by atoms with Gasteiger partial charge in [0.1, 0.15) is 0 Å². The highest BCUT2D eigenvalue weighted by molar-refractivity contribution is 5.71. The lowest BCUT2D eigenvalue weighted by Gasteiger charge is -2.10. The molecule has 1 atom stereocenters. The van der Waals surface area contributed by atoms with Gasteiger partial charge in [0.05, 0.1) is 5.69 Å². The summed E-state index contributed by atoms with van der Waals surface area (Å²) in [5.41, 5.74) is 0.960. The molecule has 0 amide bonds. The molecule has 16 heavy (non-hydrogen) atoms. The smallest absolute Gasteiger partial charge is 0.328 e. The van der Waals surface area contributed by atoms with Crippen LogP contribution >= 0.6 is 0 Å². The standard InChI is InChI=1S/C11H15N3O2/c15-11(16)10(5-7-1-2-7)14-6-9(12-13-14)8-3-4-8/h6-8,10H,1-5H2,(H,15,16)/t10-/m0/s1. The molecule has 0 radical (unpaired) electrons. The first-order valence-electron chi connectivity index (χ1n) is 5.88. The highest BCUT2D eigenvalue weighted by Crippen LogP contribution is 2.40. The second kappa shape index (κ2) is 3.57. The van der Waals surface area contributed by atoms with Crippen molar-refractivity contribution < 1.29 is 9.90 Å². The van der Waals surface area contributed by atoms with Crippen LogP contribution in [-0.4, -0.2) is 26.1 Å². The maximum atomic E-state index is 11.2. The van der Waals surface area contributed by atoms with E-state index >= 15 is 0 Å². The third kappa shape index (κ3) is 1.94. The van der Waals surface area contributed by atoms with Crippen molar-refractivity contribution in [2.75, 3.05) is 0 Å². The summed E-state index contributed by atoms with van der Waals surface area (Å²) in [5.74, 6) is 0.318. The Hall–Kier alpha value is -1.39. The molecular weight excluding hydrogens is 206 g/mol. The van der Waals surface area contributed by atoms with Gasteiger partial charge in [0, 0.05) is 12.1 Å². The minimum atomic E-state index is -0.792. The van der Waals surface area contributed by atoms with Gasteiger partial charge in [-0.3, -0.25) is 0 Å². The van der Waals surface area contributed by atoms with Gasteiger partial charge in [-0.05, 0) is 25.2 Å². The number of rotatable bonds is 5. The van der Waals surface area contributed by atoms with Crippen molar-refractivity contribution >= 4 is 5.97 Å². The van der Waals surface area contributed by atoms with E-state index in [0.29, 0.717) is 18.3 Å². The highest BCUT2D eigenvalue weighted by atomic mass is 16.4. The van der Waals surface area contributed by atoms with Crippen LogP contribution in [0.1, 0.15) is 49.8 Å². The lowest BCUT2D eigenvalue weighted by Crippen LogP contribution is -2.20. The van der Waals surface area contributed by atoms with E-state index in [4.69, 9.17) is 0 Å². The first-order chi connectivity index (χ1) is 7.74. The van der Waals surface area contributed by atoms with Crippen molar-refractivity contribution in [3.63, 3.8) is 0 Å². The fourth-order valence-corrected chi connectivity index (χ4v) is 2.00. The molecule has 2 fully saturated rings. The van der Waals surface area contributed by atoms with Gasteiger partial charge in [0.25, 0.3) is 0 Å². The number of carbonyl (C=O) groups is 1. The predicted molar refractivity (Wildman–Crippen MR) is 56.0 cm³/mol. The van der Waals surface area contributed by atoms with Crippen LogP contribution in [0.5, 0.6) is 0 Å². The van der Waals surface area contributed by atoms with Crippen molar-refractivity contribution in [1.82, 2.24) is 15.0 Å². The molecule has 2 saturated carbocycles. The average Bonchev–Trinajstić information content (AvgIpc) is 3.16. The minimum Gasteiger partial charge on any atom is -0.480 e. The molecule has 1 heterocycles.